The molecule has 1 aromatic heterocycles. The van der Waals surface area contributed by atoms with Crippen LogP contribution < -0.4 is 5.32 Å². The number of aromatic nitrogens is 1. The summed E-state index contributed by atoms with van der Waals surface area (Å²) in [5, 5.41) is 3.81. The molecule has 1 heterocycles. The second-order valence-electron chi connectivity index (χ2n) is 7.27. The van der Waals surface area contributed by atoms with Gasteiger partial charge in [-0.3, -0.25) is 4.98 Å². The Bertz CT molecular complexity index is 430. The largest absolute Gasteiger partial charge is 0.313 e. The van der Waals surface area contributed by atoms with Gasteiger partial charge in [-0.2, -0.15) is 0 Å². The fraction of sp³-hybridized carbons (Fsp3) is 0.737. The summed E-state index contributed by atoms with van der Waals surface area (Å²) in [4.78, 5) is 4.59. The maximum absolute atomic E-state index is 4.59. The van der Waals surface area contributed by atoms with Crippen molar-refractivity contribution in [2.24, 2.45) is 17.8 Å². The van der Waals surface area contributed by atoms with Crippen LogP contribution in [-0.4, -0.2) is 17.6 Å². The van der Waals surface area contributed by atoms with Crippen LogP contribution >= 0.6 is 0 Å². The lowest BCUT2D eigenvalue weighted by Crippen LogP contribution is -2.37. The van der Waals surface area contributed by atoms with Gasteiger partial charge in [0.15, 0.2) is 0 Å². The molecule has 2 nitrogen and oxygen atoms in total. The molecule has 2 aliphatic carbocycles. The van der Waals surface area contributed by atoms with Gasteiger partial charge in [-0.05, 0) is 68.5 Å². The van der Waals surface area contributed by atoms with Crippen molar-refractivity contribution in [3.05, 3.63) is 30.1 Å². The minimum atomic E-state index is 0.511. The van der Waals surface area contributed by atoms with E-state index >= 15 is 0 Å². The highest BCUT2D eigenvalue weighted by atomic mass is 14.9. The molecule has 1 N–H and O–H groups in total. The second kappa shape index (κ2) is 6.91. The van der Waals surface area contributed by atoms with Crippen LogP contribution in [0.3, 0.4) is 0 Å². The third-order valence-electron chi connectivity index (χ3n) is 5.86. The molecule has 3 rings (SSSR count). The molecule has 0 saturated heterocycles. The number of fused-ring (bicyclic) bond motifs is 2. The normalized spacial score (nSPS) is 30.5. The molecular formula is C19H30N2. The van der Waals surface area contributed by atoms with Gasteiger partial charge in [0.1, 0.15) is 0 Å². The topological polar surface area (TPSA) is 24.9 Å². The van der Waals surface area contributed by atoms with E-state index in [0.717, 1.165) is 24.3 Å². The molecule has 0 amide bonds. The first kappa shape index (κ1) is 15.0. The molecule has 2 fully saturated rings. The highest BCUT2D eigenvalue weighted by Crippen LogP contribution is 2.50. The Morgan fingerprint density at radius 1 is 1.29 bits per heavy atom. The Hall–Kier alpha value is -0.890. The second-order valence-corrected chi connectivity index (χ2v) is 7.27. The molecule has 2 aliphatic rings. The minimum absolute atomic E-state index is 0.511. The van der Waals surface area contributed by atoms with E-state index in [1.165, 1.54) is 44.2 Å². The highest BCUT2D eigenvalue weighted by Gasteiger charge is 2.40. The zero-order chi connectivity index (χ0) is 14.7. The van der Waals surface area contributed by atoms with Crippen LogP contribution in [0.4, 0.5) is 0 Å². The SMILES string of the molecule is CCCNC(CC1CC2CCC1C2)C(C)c1ccccn1. The Morgan fingerprint density at radius 2 is 2.19 bits per heavy atom. The number of hydrogen-bond donors (Lipinski definition) is 1. The van der Waals surface area contributed by atoms with Gasteiger partial charge in [0, 0.05) is 23.9 Å². The fourth-order valence-electron chi connectivity index (χ4n) is 4.64. The van der Waals surface area contributed by atoms with E-state index in [-0.39, 0.29) is 0 Å². The van der Waals surface area contributed by atoms with E-state index in [1.54, 1.807) is 0 Å². The van der Waals surface area contributed by atoms with Gasteiger partial charge in [0.2, 0.25) is 0 Å². The van der Waals surface area contributed by atoms with Crippen LogP contribution in [0.1, 0.15) is 64.0 Å². The molecule has 2 bridgehead atoms. The Balaban J connectivity index is 1.65. The lowest BCUT2D eigenvalue weighted by molar-refractivity contribution is 0.263. The van der Waals surface area contributed by atoms with Crippen molar-refractivity contribution >= 4 is 0 Å². The first-order valence-corrected chi connectivity index (χ1v) is 8.92. The highest BCUT2D eigenvalue weighted by molar-refractivity contribution is 5.11. The van der Waals surface area contributed by atoms with Crippen LogP contribution in [0.5, 0.6) is 0 Å². The van der Waals surface area contributed by atoms with E-state index in [0.29, 0.717) is 12.0 Å². The maximum atomic E-state index is 4.59. The van der Waals surface area contributed by atoms with Gasteiger partial charge < -0.3 is 5.32 Å². The molecule has 2 saturated carbocycles. The van der Waals surface area contributed by atoms with E-state index in [4.69, 9.17) is 0 Å². The van der Waals surface area contributed by atoms with E-state index in [1.807, 2.05) is 12.3 Å². The molecule has 1 aromatic rings. The standard InChI is InChI=1S/C19H30N2/c1-3-9-20-19(14(2)18-6-4-5-10-21-18)13-17-12-15-7-8-16(17)11-15/h4-6,10,14-17,19-20H,3,7-9,11-13H2,1-2H3. The Labute approximate surface area is 129 Å². The molecule has 0 aromatic carbocycles. The first-order chi connectivity index (χ1) is 10.3. The minimum Gasteiger partial charge on any atom is -0.313 e. The predicted octanol–water partition coefficient (Wildman–Crippen LogP) is 4.38. The summed E-state index contributed by atoms with van der Waals surface area (Å²) in [6.45, 7) is 5.73. The van der Waals surface area contributed by atoms with Crippen molar-refractivity contribution in [1.29, 1.82) is 0 Å². The van der Waals surface area contributed by atoms with Gasteiger partial charge in [0.25, 0.3) is 0 Å². The number of rotatable bonds is 7. The average molecular weight is 286 g/mol. The van der Waals surface area contributed by atoms with Crippen LogP contribution in [0.2, 0.25) is 0 Å². The van der Waals surface area contributed by atoms with Crippen molar-refractivity contribution in [3.8, 4) is 0 Å². The number of nitrogens with one attached hydrogen (secondary N) is 1. The molecule has 0 radical (unpaired) electrons. The summed E-state index contributed by atoms with van der Waals surface area (Å²) < 4.78 is 0. The van der Waals surface area contributed by atoms with Crippen molar-refractivity contribution in [1.82, 2.24) is 10.3 Å². The van der Waals surface area contributed by atoms with E-state index in [2.05, 4.69) is 36.3 Å². The van der Waals surface area contributed by atoms with Crippen LogP contribution in [0.25, 0.3) is 0 Å². The van der Waals surface area contributed by atoms with Crippen LogP contribution in [0.15, 0.2) is 24.4 Å². The van der Waals surface area contributed by atoms with Crippen molar-refractivity contribution in [3.63, 3.8) is 0 Å². The zero-order valence-electron chi connectivity index (χ0n) is 13.6. The molecule has 5 atom stereocenters. The van der Waals surface area contributed by atoms with Crippen molar-refractivity contribution in [2.75, 3.05) is 6.54 Å². The summed E-state index contributed by atoms with van der Waals surface area (Å²) in [7, 11) is 0. The molecule has 116 valence electrons. The van der Waals surface area contributed by atoms with E-state index in [9.17, 15) is 0 Å². The van der Waals surface area contributed by atoms with Crippen LogP contribution in [-0.2, 0) is 0 Å². The lowest BCUT2D eigenvalue weighted by atomic mass is 9.81. The third-order valence-corrected chi connectivity index (χ3v) is 5.86. The van der Waals surface area contributed by atoms with Crippen LogP contribution in [0, 0.1) is 17.8 Å². The Morgan fingerprint density at radius 3 is 2.81 bits per heavy atom. The van der Waals surface area contributed by atoms with Gasteiger partial charge in [-0.25, -0.2) is 0 Å². The summed E-state index contributed by atoms with van der Waals surface area (Å²) >= 11 is 0. The van der Waals surface area contributed by atoms with Gasteiger partial charge in [-0.1, -0.05) is 26.3 Å². The number of pyridine rings is 1. The molecule has 0 aliphatic heterocycles. The predicted molar refractivity (Wildman–Crippen MR) is 88.3 cm³/mol. The molecule has 5 unspecified atom stereocenters. The zero-order valence-corrected chi connectivity index (χ0v) is 13.6. The molecule has 21 heavy (non-hydrogen) atoms. The van der Waals surface area contributed by atoms with Gasteiger partial charge in [0.05, 0.1) is 0 Å². The molecular weight excluding hydrogens is 256 g/mol. The summed E-state index contributed by atoms with van der Waals surface area (Å²) in [5.74, 6) is 3.55. The van der Waals surface area contributed by atoms with Gasteiger partial charge in [-0.15, -0.1) is 0 Å². The third kappa shape index (κ3) is 3.48. The monoisotopic (exact) mass is 286 g/mol. The fourth-order valence-corrected chi connectivity index (χ4v) is 4.64. The number of hydrogen-bond acceptors (Lipinski definition) is 2. The summed E-state index contributed by atoms with van der Waals surface area (Å²) in [6, 6.07) is 6.91. The molecule has 2 heteroatoms. The summed E-state index contributed by atoms with van der Waals surface area (Å²) in [5.41, 5.74) is 1.24. The Kier molecular flexibility index (Phi) is 4.95. The maximum Gasteiger partial charge on any atom is 0.0447 e. The smallest absolute Gasteiger partial charge is 0.0447 e. The average Bonchev–Trinajstić information content (AvgIpc) is 3.14. The number of nitrogens with zero attached hydrogens (tertiary/aromatic N) is 1. The first-order valence-electron chi connectivity index (χ1n) is 8.92. The van der Waals surface area contributed by atoms with Crippen molar-refractivity contribution < 1.29 is 0 Å². The quantitative estimate of drug-likeness (QED) is 0.804. The lowest BCUT2D eigenvalue weighted by Gasteiger charge is -2.31. The van der Waals surface area contributed by atoms with E-state index < -0.39 is 0 Å². The van der Waals surface area contributed by atoms with Gasteiger partial charge >= 0.3 is 0 Å². The summed E-state index contributed by atoms with van der Waals surface area (Å²) in [6.07, 6.45) is 10.5. The van der Waals surface area contributed by atoms with Crippen molar-refractivity contribution in [2.45, 2.75) is 64.3 Å². The molecule has 0 spiro atoms.